The zero-order valence-corrected chi connectivity index (χ0v) is 24.9. The van der Waals surface area contributed by atoms with E-state index in [0.717, 1.165) is 42.5 Å². The molecule has 0 heterocycles. The van der Waals surface area contributed by atoms with Gasteiger partial charge in [0.25, 0.3) is 5.60 Å². The van der Waals surface area contributed by atoms with E-state index in [1.165, 1.54) is 0 Å². The molecule has 1 fully saturated rings. The number of nitriles is 1. The van der Waals surface area contributed by atoms with Gasteiger partial charge in [0.2, 0.25) is 5.91 Å². The highest BCUT2D eigenvalue weighted by atomic mass is 32.2. The summed E-state index contributed by atoms with van der Waals surface area (Å²) in [4.78, 5) is 11.6. The van der Waals surface area contributed by atoms with Gasteiger partial charge in [0.05, 0.1) is 17.6 Å². The third-order valence-corrected chi connectivity index (χ3v) is 10.7. The number of sulfone groups is 1. The van der Waals surface area contributed by atoms with Crippen LogP contribution in [0.5, 0.6) is 0 Å². The Morgan fingerprint density at radius 3 is 1.89 bits per heavy atom. The molecule has 0 radical (unpaired) electrons. The van der Waals surface area contributed by atoms with E-state index in [2.05, 4.69) is 10.1 Å². The molecular formula is C31H25F9N2O4S. The van der Waals surface area contributed by atoms with Crippen molar-refractivity contribution in [2.24, 2.45) is 0 Å². The fourth-order valence-electron chi connectivity index (χ4n) is 5.73. The molecule has 0 unspecified atom stereocenters. The van der Waals surface area contributed by atoms with Crippen molar-refractivity contribution in [2.75, 3.05) is 0 Å². The molecule has 1 aliphatic carbocycles. The molecule has 1 N–H and O–H groups in total. The number of carbonyl (C=O) groups is 1. The summed E-state index contributed by atoms with van der Waals surface area (Å²) in [5.41, 5.74) is -8.00. The number of alkyl halides is 6. The van der Waals surface area contributed by atoms with Crippen molar-refractivity contribution >= 4 is 15.7 Å². The van der Waals surface area contributed by atoms with Gasteiger partial charge in [-0.15, -0.1) is 0 Å². The number of carbonyl (C=O) groups excluding carboxylic acids is 1. The quantitative estimate of drug-likeness (QED) is 0.188. The van der Waals surface area contributed by atoms with Crippen LogP contribution in [-0.2, 0) is 36.3 Å². The van der Waals surface area contributed by atoms with Crippen LogP contribution in [0.1, 0.15) is 48.8 Å². The van der Waals surface area contributed by atoms with Crippen molar-refractivity contribution in [1.29, 1.82) is 5.26 Å². The van der Waals surface area contributed by atoms with Gasteiger partial charge < -0.3 is 10.1 Å². The predicted octanol–water partition coefficient (Wildman–Crippen LogP) is 7.28. The second-order valence-corrected chi connectivity index (χ2v) is 13.1. The van der Waals surface area contributed by atoms with Crippen LogP contribution in [0.4, 0.5) is 39.5 Å². The summed E-state index contributed by atoms with van der Waals surface area (Å²) < 4.78 is 159. The summed E-state index contributed by atoms with van der Waals surface area (Å²) in [5, 5.41) is 11.3. The average Bonchev–Trinajstić information content (AvgIpc) is 2.98. The molecule has 0 aliphatic heterocycles. The van der Waals surface area contributed by atoms with E-state index in [1.807, 2.05) is 0 Å². The van der Waals surface area contributed by atoms with Crippen LogP contribution in [0.2, 0.25) is 0 Å². The highest BCUT2D eigenvalue weighted by molar-refractivity contribution is 7.92. The molecule has 1 amide bonds. The van der Waals surface area contributed by atoms with Gasteiger partial charge in [0, 0.05) is 17.2 Å². The molecule has 252 valence electrons. The molecule has 0 spiro atoms. The SMILES string of the molecule is N#CCC(=O)NC1CCC(c2ccc(C(OCc3c(F)cccc3F)(C(F)(F)F)C(F)(F)F)cc2)(S(=O)(=O)c2ccc(F)cc2)CC1. The van der Waals surface area contributed by atoms with E-state index in [4.69, 9.17) is 5.26 Å². The van der Waals surface area contributed by atoms with Crippen molar-refractivity contribution in [2.45, 2.75) is 72.3 Å². The van der Waals surface area contributed by atoms with E-state index >= 15 is 0 Å². The van der Waals surface area contributed by atoms with Gasteiger partial charge >= 0.3 is 12.4 Å². The molecule has 1 aliphatic rings. The highest BCUT2D eigenvalue weighted by Gasteiger charge is 2.73. The minimum atomic E-state index is -6.22. The Kier molecular flexibility index (Phi) is 10.0. The number of nitrogens with zero attached hydrogens (tertiary/aromatic N) is 1. The first-order valence-electron chi connectivity index (χ1n) is 13.9. The molecular weight excluding hydrogens is 667 g/mol. The smallest absolute Gasteiger partial charge is 0.352 e. The van der Waals surface area contributed by atoms with E-state index in [1.54, 1.807) is 6.07 Å². The third kappa shape index (κ3) is 6.68. The highest BCUT2D eigenvalue weighted by Crippen LogP contribution is 2.54. The number of hydrogen-bond donors (Lipinski definition) is 1. The van der Waals surface area contributed by atoms with Crippen molar-refractivity contribution in [1.82, 2.24) is 5.32 Å². The van der Waals surface area contributed by atoms with Crippen molar-refractivity contribution in [3.05, 3.63) is 101 Å². The Balaban J connectivity index is 1.81. The van der Waals surface area contributed by atoms with Crippen LogP contribution in [0, 0.1) is 28.8 Å². The van der Waals surface area contributed by atoms with Crippen LogP contribution in [0.25, 0.3) is 0 Å². The number of nitrogens with one attached hydrogen (secondary N) is 1. The topological polar surface area (TPSA) is 96.3 Å². The van der Waals surface area contributed by atoms with Gasteiger partial charge in [0.1, 0.15) is 28.6 Å². The molecule has 16 heteroatoms. The van der Waals surface area contributed by atoms with Crippen LogP contribution < -0.4 is 5.32 Å². The predicted molar refractivity (Wildman–Crippen MR) is 147 cm³/mol. The Hall–Kier alpha value is -4.10. The molecule has 6 nitrogen and oxygen atoms in total. The number of hydrogen-bond acceptors (Lipinski definition) is 5. The lowest BCUT2D eigenvalue weighted by Gasteiger charge is -2.41. The van der Waals surface area contributed by atoms with Gasteiger partial charge in [-0.1, -0.05) is 30.3 Å². The first-order chi connectivity index (χ1) is 21.9. The first kappa shape index (κ1) is 35.7. The van der Waals surface area contributed by atoms with Gasteiger partial charge in [-0.2, -0.15) is 31.6 Å². The van der Waals surface area contributed by atoms with Gasteiger partial charge in [-0.3, -0.25) is 4.79 Å². The maximum absolute atomic E-state index is 14.4. The third-order valence-electron chi connectivity index (χ3n) is 8.15. The van der Waals surface area contributed by atoms with Gasteiger partial charge in [-0.25, -0.2) is 21.6 Å². The summed E-state index contributed by atoms with van der Waals surface area (Å²) >= 11 is 0. The normalized spacial score (nSPS) is 19.2. The second kappa shape index (κ2) is 13.2. The van der Waals surface area contributed by atoms with Crippen LogP contribution >= 0.6 is 0 Å². The minimum absolute atomic E-state index is 0.00823. The summed E-state index contributed by atoms with van der Waals surface area (Å²) in [6.45, 7) is -1.76. The molecule has 4 rings (SSSR count). The van der Waals surface area contributed by atoms with E-state index in [-0.39, 0.29) is 36.1 Å². The summed E-state index contributed by atoms with van der Waals surface area (Å²) in [6, 6.07) is 9.17. The Morgan fingerprint density at radius 2 is 1.40 bits per heavy atom. The number of ether oxygens (including phenoxy) is 1. The van der Waals surface area contributed by atoms with Crippen molar-refractivity contribution in [3.8, 4) is 6.07 Å². The lowest BCUT2D eigenvalue weighted by molar-refractivity contribution is -0.392. The average molecular weight is 693 g/mol. The van der Waals surface area contributed by atoms with Crippen LogP contribution in [0.15, 0.2) is 71.6 Å². The first-order valence-corrected chi connectivity index (χ1v) is 15.4. The Labute approximate surface area is 263 Å². The molecule has 0 saturated heterocycles. The molecule has 0 bridgehead atoms. The van der Waals surface area contributed by atoms with Crippen LogP contribution in [0.3, 0.4) is 0 Å². The minimum Gasteiger partial charge on any atom is -0.352 e. The van der Waals surface area contributed by atoms with E-state index in [0.29, 0.717) is 24.3 Å². The summed E-state index contributed by atoms with van der Waals surface area (Å²) in [6.07, 6.45) is -13.5. The number of rotatable bonds is 9. The van der Waals surface area contributed by atoms with Crippen molar-refractivity contribution < 1.29 is 57.5 Å². The standard InChI is InChI=1S/C31H25F9N2O4S/c32-21-8-10-23(11-9-21)47(44,45)28(15-12-22(13-16-28)42-27(43)14-17-41)19-4-6-20(7-5-19)29(30(35,36)37,31(38,39)40)46-18-24-25(33)2-1-3-26(24)34/h1-11,22H,12-16,18H2,(H,42,43). The maximum Gasteiger partial charge on any atom is 0.430 e. The number of halogens is 9. The maximum atomic E-state index is 14.4. The second-order valence-electron chi connectivity index (χ2n) is 10.9. The Morgan fingerprint density at radius 1 is 0.872 bits per heavy atom. The van der Waals surface area contributed by atoms with E-state index < -0.39 is 86.1 Å². The van der Waals surface area contributed by atoms with Gasteiger partial charge in [-0.05, 0) is 67.6 Å². The largest absolute Gasteiger partial charge is 0.430 e. The molecule has 0 atom stereocenters. The molecule has 3 aromatic rings. The molecule has 47 heavy (non-hydrogen) atoms. The lowest BCUT2D eigenvalue weighted by Crippen LogP contribution is -2.56. The molecule has 0 aromatic heterocycles. The molecule has 3 aromatic carbocycles. The van der Waals surface area contributed by atoms with Crippen LogP contribution in [-0.4, -0.2) is 32.7 Å². The number of amides is 1. The van der Waals surface area contributed by atoms with Crippen molar-refractivity contribution in [3.63, 3.8) is 0 Å². The zero-order chi connectivity index (χ0) is 34.8. The lowest BCUT2D eigenvalue weighted by atomic mass is 9.79. The summed E-state index contributed by atoms with van der Waals surface area (Å²) in [7, 11) is -4.51. The monoisotopic (exact) mass is 692 g/mol. The Bertz CT molecular complexity index is 1710. The molecule has 1 saturated carbocycles. The number of benzene rings is 3. The fourth-order valence-corrected chi connectivity index (χ4v) is 7.89. The zero-order valence-electron chi connectivity index (χ0n) is 24.1. The fraction of sp³-hybridized carbons (Fsp3) is 0.355. The summed E-state index contributed by atoms with van der Waals surface area (Å²) in [5.74, 6) is -4.27. The van der Waals surface area contributed by atoms with Gasteiger partial charge in [0.15, 0.2) is 9.84 Å². The van der Waals surface area contributed by atoms with E-state index in [9.17, 15) is 52.7 Å².